The SMILES string of the molecule is CC(C)n1c(=O)c2c3c(sc2n(CCc2ccccc2)c1=O)COC(C)(C)C3. The van der Waals surface area contributed by atoms with Crippen LogP contribution < -0.4 is 11.2 Å². The molecule has 28 heavy (non-hydrogen) atoms. The fraction of sp³-hybridized carbons (Fsp3) is 0.455. The van der Waals surface area contributed by atoms with Crippen LogP contribution in [0.1, 0.15) is 49.7 Å². The minimum Gasteiger partial charge on any atom is -0.370 e. The average Bonchev–Trinajstić information content (AvgIpc) is 2.99. The van der Waals surface area contributed by atoms with Crippen molar-refractivity contribution in [2.24, 2.45) is 0 Å². The Labute approximate surface area is 168 Å². The number of ether oxygens (including phenoxy) is 1. The lowest BCUT2D eigenvalue weighted by Crippen LogP contribution is -2.41. The molecular formula is C22H26N2O3S. The molecule has 4 rings (SSSR count). The van der Waals surface area contributed by atoms with Gasteiger partial charge in [0.15, 0.2) is 0 Å². The molecule has 0 bridgehead atoms. The van der Waals surface area contributed by atoms with Crippen LogP contribution in [0.25, 0.3) is 10.2 Å². The van der Waals surface area contributed by atoms with E-state index in [4.69, 9.17) is 4.74 Å². The van der Waals surface area contributed by atoms with E-state index in [1.165, 1.54) is 21.5 Å². The van der Waals surface area contributed by atoms with Crippen LogP contribution in [0.3, 0.4) is 0 Å². The number of fused-ring (bicyclic) bond motifs is 3. The molecule has 0 amide bonds. The summed E-state index contributed by atoms with van der Waals surface area (Å²) in [5, 5.41) is 0.706. The Morgan fingerprint density at radius 1 is 1.18 bits per heavy atom. The first-order valence-electron chi connectivity index (χ1n) is 9.76. The highest BCUT2D eigenvalue weighted by Gasteiger charge is 2.32. The normalized spacial score (nSPS) is 15.9. The summed E-state index contributed by atoms with van der Waals surface area (Å²) in [5.74, 6) is 0. The van der Waals surface area contributed by atoms with Gasteiger partial charge in [0.05, 0.1) is 17.6 Å². The van der Waals surface area contributed by atoms with Crippen molar-refractivity contribution >= 4 is 21.6 Å². The Kier molecular flexibility index (Phi) is 4.79. The number of benzene rings is 1. The van der Waals surface area contributed by atoms with Crippen LogP contribution in [0.5, 0.6) is 0 Å². The summed E-state index contributed by atoms with van der Waals surface area (Å²) in [6.07, 6.45) is 1.43. The number of thiophene rings is 1. The fourth-order valence-electron chi connectivity index (χ4n) is 3.91. The zero-order chi connectivity index (χ0) is 20.1. The standard InChI is InChI=1S/C22H26N2O3S/c1-14(2)24-19(25)18-16-12-22(3,4)27-13-17(16)28-20(18)23(21(24)26)11-10-15-8-6-5-7-9-15/h5-9,14H,10-13H2,1-4H3. The molecular weight excluding hydrogens is 372 g/mol. The molecule has 1 aliphatic rings. The smallest absolute Gasteiger partial charge is 0.332 e. The largest absolute Gasteiger partial charge is 0.370 e. The first kappa shape index (κ1) is 19.2. The van der Waals surface area contributed by atoms with Crippen LogP contribution in [0.4, 0.5) is 0 Å². The molecule has 0 aliphatic carbocycles. The lowest BCUT2D eigenvalue weighted by Gasteiger charge is -2.30. The van der Waals surface area contributed by atoms with Gasteiger partial charge in [0.1, 0.15) is 4.83 Å². The highest BCUT2D eigenvalue weighted by atomic mass is 32.1. The second kappa shape index (κ2) is 7.01. The second-order valence-corrected chi connectivity index (χ2v) is 9.43. The van der Waals surface area contributed by atoms with Crippen LogP contribution in [0.2, 0.25) is 0 Å². The maximum absolute atomic E-state index is 13.3. The molecule has 0 radical (unpaired) electrons. The third-order valence-electron chi connectivity index (χ3n) is 5.37. The molecule has 3 aromatic rings. The molecule has 0 spiro atoms. The molecule has 0 N–H and O–H groups in total. The molecule has 0 unspecified atom stereocenters. The van der Waals surface area contributed by atoms with Gasteiger partial charge in [-0.15, -0.1) is 11.3 Å². The zero-order valence-corrected chi connectivity index (χ0v) is 17.6. The van der Waals surface area contributed by atoms with Gasteiger partial charge in [0, 0.05) is 23.9 Å². The van der Waals surface area contributed by atoms with Crippen LogP contribution in [-0.4, -0.2) is 14.7 Å². The van der Waals surface area contributed by atoms with E-state index in [-0.39, 0.29) is 22.9 Å². The van der Waals surface area contributed by atoms with Gasteiger partial charge < -0.3 is 4.74 Å². The number of aryl methyl sites for hydroxylation is 2. The van der Waals surface area contributed by atoms with Gasteiger partial charge in [-0.2, -0.15) is 0 Å². The van der Waals surface area contributed by atoms with E-state index in [0.717, 1.165) is 21.7 Å². The van der Waals surface area contributed by atoms with Crippen molar-refractivity contribution in [1.82, 2.24) is 9.13 Å². The minimum absolute atomic E-state index is 0.166. The summed E-state index contributed by atoms with van der Waals surface area (Å²) in [4.78, 5) is 28.3. The van der Waals surface area contributed by atoms with Crippen LogP contribution >= 0.6 is 11.3 Å². The molecule has 0 saturated carbocycles. The van der Waals surface area contributed by atoms with E-state index in [1.54, 1.807) is 4.57 Å². The predicted octanol–water partition coefficient (Wildman–Crippen LogP) is 3.90. The van der Waals surface area contributed by atoms with Gasteiger partial charge in [-0.1, -0.05) is 30.3 Å². The van der Waals surface area contributed by atoms with Crippen molar-refractivity contribution in [3.63, 3.8) is 0 Å². The first-order chi connectivity index (χ1) is 13.3. The highest BCUT2D eigenvalue weighted by molar-refractivity contribution is 7.18. The molecule has 2 aromatic heterocycles. The molecule has 1 aliphatic heterocycles. The lowest BCUT2D eigenvalue weighted by atomic mass is 9.94. The molecule has 5 nitrogen and oxygen atoms in total. The topological polar surface area (TPSA) is 53.2 Å². The second-order valence-electron chi connectivity index (χ2n) is 8.35. The quantitative estimate of drug-likeness (QED) is 0.670. The number of hydrogen-bond acceptors (Lipinski definition) is 4. The summed E-state index contributed by atoms with van der Waals surface area (Å²) >= 11 is 1.54. The van der Waals surface area contributed by atoms with E-state index in [0.29, 0.717) is 25.0 Å². The first-order valence-corrected chi connectivity index (χ1v) is 10.6. The summed E-state index contributed by atoms with van der Waals surface area (Å²) in [7, 11) is 0. The Bertz CT molecular complexity index is 1140. The van der Waals surface area contributed by atoms with Crippen LogP contribution in [-0.2, 0) is 30.7 Å². The third kappa shape index (κ3) is 3.25. The van der Waals surface area contributed by atoms with Crippen LogP contribution in [0, 0.1) is 0 Å². The van der Waals surface area contributed by atoms with E-state index in [9.17, 15) is 9.59 Å². The Morgan fingerprint density at radius 3 is 2.57 bits per heavy atom. The van der Waals surface area contributed by atoms with Gasteiger partial charge in [-0.05, 0) is 45.2 Å². The Balaban J connectivity index is 1.92. The molecule has 0 fully saturated rings. The van der Waals surface area contributed by atoms with Crippen molar-refractivity contribution in [1.29, 1.82) is 0 Å². The monoisotopic (exact) mass is 398 g/mol. The van der Waals surface area contributed by atoms with Crippen molar-refractivity contribution in [3.05, 3.63) is 67.2 Å². The average molecular weight is 399 g/mol. The highest BCUT2D eigenvalue weighted by Crippen LogP contribution is 2.37. The van der Waals surface area contributed by atoms with Gasteiger partial charge in [-0.3, -0.25) is 13.9 Å². The van der Waals surface area contributed by atoms with Gasteiger partial charge in [0.25, 0.3) is 5.56 Å². The third-order valence-corrected chi connectivity index (χ3v) is 6.60. The van der Waals surface area contributed by atoms with Gasteiger partial charge >= 0.3 is 5.69 Å². The molecule has 6 heteroatoms. The van der Waals surface area contributed by atoms with Gasteiger partial charge in [0.2, 0.25) is 0 Å². The Morgan fingerprint density at radius 2 is 1.89 bits per heavy atom. The predicted molar refractivity (Wildman–Crippen MR) is 113 cm³/mol. The zero-order valence-electron chi connectivity index (χ0n) is 16.8. The van der Waals surface area contributed by atoms with E-state index in [1.807, 2.05) is 45.9 Å². The van der Waals surface area contributed by atoms with Crippen molar-refractivity contribution in [2.45, 2.75) is 65.3 Å². The maximum atomic E-state index is 13.3. The van der Waals surface area contributed by atoms with Crippen molar-refractivity contribution < 1.29 is 4.74 Å². The molecule has 3 heterocycles. The fourth-order valence-corrected chi connectivity index (χ4v) is 5.15. The molecule has 0 saturated heterocycles. The van der Waals surface area contributed by atoms with Gasteiger partial charge in [-0.25, -0.2) is 4.79 Å². The number of nitrogens with zero attached hydrogens (tertiary/aromatic N) is 2. The number of aromatic nitrogens is 2. The lowest BCUT2D eigenvalue weighted by molar-refractivity contribution is -0.0379. The summed E-state index contributed by atoms with van der Waals surface area (Å²) in [6, 6.07) is 9.95. The van der Waals surface area contributed by atoms with E-state index in [2.05, 4.69) is 12.1 Å². The minimum atomic E-state index is -0.304. The molecule has 1 aromatic carbocycles. The van der Waals surface area contributed by atoms with E-state index >= 15 is 0 Å². The summed E-state index contributed by atoms with van der Waals surface area (Å²) in [5.41, 5.74) is 1.55. The Hall–Kier alpha value is -2.18. The number of hydrogen-bond donors (Lipinski definition) is 0. The van der Waals surface area contributed by atoms with E-state index < -0.39 is 0 Å². The summed E-state index contributed by atoms with van der Waals surface area (Å²) < 4.78 is 9.15. The van der Waals surface area contributed by atoms with Crippen molar-refractivity contribution in [2.75, 3.05) is 0 Å². The maximum Gasteiger partial charge on any atom is 0.332 e. The molecule has 0 atom stereocenters. The van der Waals surface area contributed by atoms with Crippen molar-refractivity contribution in [3.8, 4) is 0 Å². The summed E-state index contributed by atoms with van der Waals surface area (Å²) in [6.45, 7) is 8.92. The molecule has 148 valence electrons. The van der Waals surface area contributed by atoms with Crippen LogP contribution in [0.15, 0.2) is 39.9 Å². The number of rotatable bonds is 4.